The van der Waals surface area contributed by atoms with E-state index in [4.69, 9.17) is 10.5 Å². The second kappa shape index (κ2) is 5.76. The molecule has 2 heterocycles. The number of hydrogen-bond acceptors (Lipinski definition) is 4. The Morgan fingerprint density at radius 3 is 2.80 bits per heavy atom. The second-order valence-corrected chi connectivity index (χ2v) is 4.39. The summed E-state index contributed by atoms with van der Waals surface area (Å²) in [5.74, 6) is -0.433. The standard InChI is InChI=1S/C12H14F3N3O2/c13-12(14,15)8-1-2-10(17-6-8)11(19)18-3-4-20-7-9(18)5-16/h1-2,6,9H,3-5,7,16H2. The monoisotopic (exact) mass is 289 g/mol. The van der Waals surface area contributed by atoms with E-state index in [1.807, 2.05) is 0 Å². The number of hydrogen-bond donors (Lipinski definition) is 1. The molecule has 1 aliphatic rings. The van der Waals surface area contributed by atoms with Gasteiger partial charge in [0, 0.05) is 19.3 Å². The minimum absolute atomic E-state index is 0.0293. The van der Waals surface area contributed by atoms with E-state index in [9.17, 15) is 18.0 Å². The number of ether oxygens (including phenoxy) is 1. The highest BCUT2D eigenvalue weighted by Crippen LogP contribution is 2.28. The third-order valence-corrected chi connectivity index (χ3v) is 3.07. The summed E-state index contributed by atoms with van der Waals surface area (Å²) < 4.78 is 42.5. The summed E-state index contributed by atoms with van der Waals surface area (Å²) in [7, 11) is 0. The molecule has 1 unspecified atom stereocenters. The summed E-state index contributed by atoms with van der Waals surface area (Å²) >= 11 is 0. The highest BCUT2D eigenvalue weighted by molar-refractivity contribution is 5.92. The smallest absolute Gasteiger partial charge is 0.377 e. The highest BCUT2D eigenvalue weighted by atomic mass is 19.4. The van der Waals surface area contributed by atoms with E-state index in [1.54, 1.807) is 0 Å². The first-order valence-corrected chi connectivity index (χ1v) is 6.05. The fourth-order valence-electron chi connectivity index (χ4n) is 1.95. The van der Waals surface area contributed by atoms with Crippen molar-refractivity contribution in [1.29, 1.82) is 0 Å². The molecule has 0 spiro atoms. The van der Waals surface area contributed by atoms with Crippen LogP contribution in [0.1, 0.15) is 16.1 Å². The number of pyridine rings is 1. The van der Waals surface area contributed by atoms with Crippen LogP contribution in [0.4, 0.5) is 13.2 Å². The number of morpholine rings is 1. The summed E-state index contributed by atoms with van der Waals surface area (Å²) in [5.41, 5.74) is 4.64. The number of amides is 1. The topological polar surface area (TPSA) is 68.5 Å². The number of carbonyl (C=O) groups excluding carboxylic acids is 1. The molecule has 8 heteroatoms. The zero-order valence-electron chi connectivity index (χ0n) is 10.6. The van der Waals surface area contributed by atoms with Crippen LogP contribution in [0.15, 0.2) is 18.3 Å². The normalized spacial score (nSPS) is 20.0. The minimum Gasteiger partial charge on any atom is -0.377 e. The van der Waals surface area contributed by atoms with E-state index in [2.05, 4.69) is 4.98 Å². The molecule has 110 valence electrons. The van der Waals surface area contributed by atoms with Gasteiger partial charge >= 0.3 is 6.18 Å². The van der Waals surface area contributed by atoms with E-state index in [0.29, 0.717) is 26.0 Å². The molecule has 20 heavy (non-hydrogen) atoms. The van der Waals surface area contributed by atoms with Crippen molar-refractivity contribution in [1.82, 2.24) is 9.88 Å². The Kier molecular flexibility index (Phi) is 4.24. The van der Waals surface area contributed by atoms with Gasteiger partial charge in [0.1, 0.15) is 5.69 Å². The van der Waals surface area contributed by atoms with Gasteiger partial charge in [-0.2, -0.15) is 13.2 Å². The molecule has 2 rings (SSSR count). The van der Waals surface area contributed by atoms with Crippen LogP contribution < -0.4 is 5.73 Å². The van der Waals surface area contributed by atoms with E-state index in [-0.39, 0.29) is 18.3 Å². The van der Waals surface area contributed by atoms with Crippen molar-refractivity contribution < 1.29 is 22.7 Å². The van der Waals surface area contributed by atoms with Gasteiger partial charge in [0.2, 0.25) is 0 Å². The summed E-state index contributed by atoms with van der Waals surface area (Å²) in [5, 5.41) is 0. The van der Waals surface area contributed by atoms with Crippen LogP contribution in [0, 0.1) is 0 Å². The third kappa shape index (κ3) is 3.07. The van der Waals surface area contributed by atoms with Gasteiger partial charge in [-0.25, -0.2) is 0 Å². The molecule has 0 aromatic carbocycles. The largest absolute Gasteiger partial charge is 0.417 e. The average molecular weight is 289 g/mol. The van der Waals surface area contributed by atoms with E-state index in [0.717, 1.165) is 12.1 Å². The molecule has 1 fully saturated rings. The van der Waals surface area contributed by atoms with E-state index >= 15 is 0 Å². The Hall–Kier alpha value is -1.67. The molecule has 1 aromatic heterocycles. The second-order valence-electron chi connectivity index (χ2n) is 4.39. The molecule has 0 aliphatic carbocycles. The predicted molar refractivity (Wildman–Crippen MR) is 63.9 cm³/mol. The summed E-state index contributed by atoms with van der Waals surface area (Å²) in [6.07, 6.45) is -3.81. The predicted octanol–water partition coefficient (Wildman–Crippen LogP) is 0.900. The molecule has 1 saturated heterocycles. The number of aromatic nitrogens is 1. The van der Waals surface area contributed by atoms with Crippen molar-refractivity contribution in [2.75, 3.05) is 26.3 Å². The number of nitrogens with two attached hydrogens (primary N) is 1. The number of halogens is 3. The van der Waals surface area contributed by atoms with Gasteiger partial charge in [0.05, 0.1) is 24.8 Å². The van der Waals surface area contributed by atoms with Crippen LogP contribution in [-0.2, 0) is 10.9 Å². The first-order chi connectivity index (χ1) is 9.43. The third-order valence-electron chi connectivity index (χ3n) is 3.07. The zero-order chi connectivity index (χ0) is 14.8. The molecule has 0 bridgehead atoms. The van der Waals surface area contributed by atoms with Crippen LogP contribution in [0.5, 0.6) is 0 Å². The maximum Gasteiger partial charge on any atom is 0.417 e. The molecule has 0 radical (unpaired) electrons. The molecule has 2 N–H and O–H groups in total. The average Bonchev–Trinajstić information content (AvgIpc) is 2.45. The molecule has 1 aromatic rings. The fraction of sp³-hybridized carbons (Fsp3) is 0.500. The van der Waals surface area contributed by atoms with Crippen molar-refractivity contribution >= 4 is 5.91 Å². The number of rotatable bonds is 2. The number of carbonyl (C=O) groups is 1. The first kappa shape index (κ1) is 14.7. The fourth-order valence-corrected chi connectivity index (χ4v) is 1.95. The maximum atomic E-state index is 12.4. The van der Waals surface area contributed by atoms with E-state index < -0.39 is 17.6 Å². The summed E-state index contributed by atoms with van der Waals surface area (Å²) in [6.45, 7) is 1.28. The van der Waals surface area contributed by atoms with Gasteiger partial charge in [-0.05, 0) is 12.1 Å². The molecule has 5 nitrogen and oxygen atoms in total. The molecule has 0 saturated carbocycles. The lowest BCUT2D eigenvalue weighted by Crippen LogP contribution is -2.52. The van der Waals surface area contributed by atoms with Gasteiger partial charge in [-0.1, -0.05) is 0 Å². The van der Waals surface area contributed by atoms with Crippen LogP contribution in [0.3, 0.4) is 0 Å². The SMILES string of the molecule is NCC1COCCN1C(=O)c1ccc(C(F)(F)F)cn1. The molecule has 1 amide bonds. The Balaban J connectivity index is 2.16. The summed E-state index contributed by atoms with van der Waals surface area (Å²) in [4.78, 5) is 17.3. The Morgan fingerprint density at radius 1 is 1.50 bits per heavy atom. The van der Waals surface area contributed by atoms with Crippen LogP contribution in [0.2, 0.25) is 0 Å². The van der Waals surface area contributed by atoms with Crippen molar-refractivity contribution in [2.24, 2.45) is 5.73 Å². The van der Waals surface area contributed by atoms with Crippen molar-refractivity contribution in [2.45, 2.75) is 12.2 Å². The number of alkyl halides is 3. The van der Waals surface area contributed by atoms with Crippen molar-refractivity contribution in [3.8, 4) is 0 Å². The van der Waals surface area contributed by atoms with Crippen LogP contribution >= 0.6 is 0 Å². The molecular weight excluding hydrogens is 275 g/mol. The maximum absolute atomic E-state index is 12.4. The summed E-state index contributed by atoms with van der Waals surface area (Å²) in [6, 6.07) is 1.65. The molecule has 1 aliphatic heterocycles. The molecular formula is C12H14F3N3O2. The number of nitrogens with zero attached hydrogens (tertiary/aromatic N) is 2. The zero-order valence-corrected chi connectivity index (χ0v) is 10.6. The lowest BCUT2D eigenvalue weighted by Gasteiger charge is -2.34. The van der Waals surface area contributed by atoms with Gasteiger partial charge in [-0.15, -0.1) is 0 Å². The lowest BCUT2D eigenvalue weighted by atomic mass is 10.2. The molecule has 1 atom stereocenters. The lowest BCUT2D eigenvalue weighted by molar-refractivity contribution is -0.137. The Bertz CT molecular complexity index is 476. The Labute approximate surface area is 113 Å². The van der Waals surface area contributed by atoms with Gasteiger partial charge < -0.3 is 15.4 Å². The van der Waals surface area contributed by atoms with Crippen LogP contribution in [-0.4, -0.2) is 48.1 Å². The van der Waals surface area contributed by atoms with Gasteiger partial charge in [0.25, 0.3) is 5.91 Å². The minimum atomic E-state index is -4.46. The Morgan fingerprint density at radius 2 is 2.25 bits per heavy atom. The van der Waals surface area contributed by atoms with Crippen molar-refractivity contribution in [3.05, 3.63) is 29.6 Å². The quantitative estimate of drug-likeness (QED) is 0.878. The van der Waals surface area contributed by atoms with Crippen LogP contribution in [0.25, 0.3) is 0 Å². The van der Waals surface area contributed by atoms with Crippen molar-refractivity contribution in [3.63, 3.8) is 0 Å². The highest BCUT2D eigenvalue weighted by Gasteiger charge is 2.32. The first-order valence-electron chi connectivity index (χ1n) is 6.05. The van der Waals surface area contributed by atoms with Gasteiger partial charge in [-0.3, -0.25) is 9.78 Å². The van der Waals surface area contributed by atoms with E-state index in [1.165, 1.54) is 4.90 Å². The van der Waals surface area contributed by atoms with Gasteiger partial charge in [0.15, 0.2) is 0 Å².